The number of rotatable bonds is 7. The highest BCUT2D eigenvalue weighted by molar-refractivity contribution is 5.78. The Morgan fingerprint density at radius 3 is 2.55 bits per heavy atom. The van der Waals surface area contributed by atoms with Gasteiger partial charge in [0.1, 0.15) is 0 Å². The Bertz CT molecular complexity index is 498. The Hall–Kier alpha value is -2.11. The highest BCUT2D eigenvalue weighted by Gasteiger charge is 2.30. The standard InChI is InChI=1S/C14H19NO5/c1-4-6-11(14(16)17)10-7-5-8-12(20-9(2)3)13(10)15(18)19/h5,7-9,11H,4,6H2,1-3H3,(H,16,17). The first kappa shape index (κ1) is 15.9. The monoisotopic (exact) mass is 281 g/mol. The second kappa shape index (κ2) is 6.88. The first-order valence-corrected chi connectivity index (χ1v) is 6.55. The summed E-state index contributed by atoms with van der Waals surface area (Å²) in [5.74, 6) is -1.84. The van der Waals surface area contributed by atoms with Crippen molar-refractivity contribution in [2.75, 3.05) is 0 Å². The van der Waals surface area contributed by atoms with Crippen LogP contribution in [-0.4, -0.2) is 22.1 Å². The summed E-state index contributed by atoms with van der Waals surface area (Å²) < 4.78 is 5.42. The van der Waals surface area contributed by atoms with Crippen LogP contribution in [0.1, 0.15) is 45.1 Å². The Morgan fingerprint density at radius 2 is 2.10 bits per heavy atom. The number of para-hydroxylation sites is 1. The van der Waals surface area contributed by atoms with E-state index < -0.39 is 16.8 Å². The molecule has 6 nitrogen and oxygen atoms in total. The lowest BCUT2D eigenvalue weighted by atomic mass is 9.93. The zero-order valence-electron chi connectivity index (χ0n) is 11.8. The molecular formula is C14H19NO5. The summed E-state index contributed by atoms with van der Waals surface area (Å²) in [5.41, 5.74) is -0.0513. The molecule has 0 amide bonds. The van der Waals surface area contributed by atoms with E-state index >= 15 is 0 Å². The van der Waals surface area contributed by atoms with E-state index in [1.54, 1.807) is 19.9 Å². The molecule has 0 aliphatic heterocycles. The highest BCUT2D eigenvalue weighted by atomic mass is 16.6. The van der Waals surface area contributed by atoms with Crippen LogP contribution >= 0.6 is 0 Å². The highest BCUT2D eigenvalue weighted by Crippen LogP contribution is 2.37. The van der Waals surface area contributed by atoms with Crippen LogP contribution in [0.2, 0.25) is 0 Å². The Kier molecular flexibility index (Phi) is 5.49. The van der Waals surface area contributed by atoms with Crippen LogP contribution in [0.3, 0.4) is 0 Å². The van der Waals surface area contributed by atoms with Crippen molar-refractivity contribution >= 4 is 11.7 Å². The van der Waals surface area contributed by atoms with E-state index in [-0.39, 0.29) is 23.1 Å². The summed E-state index contributed by atoms with van der Waals surface area (Å²) in [6.45, 7) is 5.37. The van der Waals surface area contributed by atoms with Gasteiger partial charge in [0.15, 0.2) is 5.75 Å². The van der Waals surface area contributed by atoms with Crippen LogP contribution < -0.4 is 4.74 Å². The summed E-state index contributed by atoms with van der Waals surface area (Å²) in [6, 6.07) is 4.57. The smallest absolute Gasteiger partial charge is 0.314 e. The van der Waals surface area contributed by atoms with Gasteiger partial charge in [-0.05, 0) is 26.3 Å². The molecule has 0 aliphatic carbocycles. The van der Waals surface area contributed by atoms with E-state index in [4.69, 9.17) is 4.74 Å². The molecule has 0 saturated heterocycles. The molecule has 6 heteroatoms. The molecule has 1 rings (SSSR count). The van der Waals surface area contributed by atoms with E-state index in [0.29, 0.717) is 12.8 Å². The zero-order chi connectivity index (χ0) is 15.3. The summed E-state index contributed by atoms with van der Waals surface area (Å²) in [7, 11) is 0. The number of nitrogens with zero attached hydrogens (tertiary/aromatic N) is 1. The van der Waals surface area contributed by atoms with Gasteiger partial charge in [-0.3, -0.25) is 14.9 Å². The molecule has 0 heterocycles. The fraction of sp³-hybridized carbons (Fsp3) is 0.500. The minimum absolute atomic E-state index is 0.116. The molecule has 0 spiro atoms. The van der Waals surface area contributed by atoms with Crippen molar-refractivity contribution in [2.45, 2.75) is 45.6 Å². The predicted octanol–water partition coefficient (Wildman–Crippen LogP) is 3.35. The second-order valence-corrected chi connectivity index (χ2v) is 4.80. The van der Waals surface area contributed by atoms with E-state index in [0.717, 1.165) is 0 Å². The molecule has 1 aromatic rings. The SMILES string of the molecule is CCCC(C(=O)O)c1cccc(OC(C)C)c1[N+](=O)[O-]. The fourth-order valence-electron chi connectivity index (χ4n) is 2.07. The van der Waals surface area contributed by atoms with Gasteiger partial charge in [-0.15, -0.1) is 0 Å². The molecule has 0 radical (unpaired) electrons. The van der Waals surface area contributed by atoms with Crippen molar-refractivity contribution in [3.05, 3.63) is 33.9 Å². The fourth-order valence-corrected chi connectivity index (χ4v) is 2.07. The molecule has 0 aliphatic rings. The lowest BCUT2D eigenvalue weighted by molar-refractivity contribution is -0.386. The van der Waals surface area contributed by atoms with Crippen LogP contribution in [0.4, 0.5) is 5.69 Å². The van der Waals surface area contributed by atoms with Gasteiger partial charge < -0.3 is 9.84 Å². The Morgan fingerprint density at radius 1 is 1.45 bits per heavy atom. The summed E-state index contributed by atoms with van der Waals surface area (Å²) in [6.07, 6.45) is 0.753. The van der Waals surface area contributed by atoms with Crippen LogP contribution in [0.25, 0.3) is 0 Å². The molecule has 110 valence electrons. The number of carboxylic acid groups (broad SMARTS) is 1. The maximum atomic E-state index is 11.3. The van der Waals surface area contributed by atoms with Crippen LogP contribution in [0, 0.1) is 10.1 Å². The van der Waals surface area contributed by atoms with Crippen molar-refractivity contribution in [2.24, 2.45) is 0 Å². The van der Waals surface area contributed by atoms with Crippen molar-refractivity contribution < 1.29 is 19.6 Å². The first-order chi connectivity index (χ1) is 9.38. The van der Waals surface area contributed by atoms with Gasteiger partial charge in [0.2, 0.25) is 0 Å². The van der Waals surface area contributed by atoms with Gasteiger partial charge in [-0.1, -0.05) is 25.5 Å². The van der Waals surface area contributed by atoms with Crippen molar-refractivity contribution in [1.82, 2.24) is 0 Å². The number of hydrogen-bond donors (Lipinski definition) is 1. The molecule has 1 atom stereocenters. The lowest BCUT2D eigenvalue weighted by Gasteiger charge is -2.15. The van der Waals surface area contributed by atoms with E-state index in [1.807, 2.05) is 6.92 Å². The summed E-state index contributed by atoms with van der Waals surface area (Å²) >= 11 is 0. The molecule has 0 fully saturated rings. The van der Waals surface area contributed by atoms with Gasteiger partial charge in [-0.25, -0.2) is 0 Å². The van der Waals surface area contributed by atoms with E-state index in [9.17, 15) is 20.0 Å². The van der Waals surface area contributed by atoms with Gasteiger partial charge in [0.05, 0.1) is 16.9 Å². The number of aliphatic carboxylic acids is 1. The minimum atomic E-state index is -1.06. The predicted molar refractivity (Wildman–Crippen MR) is 74.1 cm³/mol. The summed E-state index contributed by atoms with van der Waals surface area (Å²) in [5, 5.41) is 20.6. The largest absolute Gasteiger partial charge is 0.484 e. The quantitative estimate of drug-likeness (QED) is 0.611. The average Bonchev–Trinajstić information content (AvgIpc) is 2.34. The molecule has 20 heavy (non-hydrogen) atoms. The Balaban J connectivity index is 3.37. The van der Waals surface area contributed by atoms with Crippen LogP contribution in [0.5, 0.6) is 5.75 Å². The third-order valence-electron chi connectivity index (χ3n) is 2.83. The van der Waals surface area contributed by atoms with Crippen molar-refractivity contribution in [3.63, 3.8) is 0 Å². The van der Waals surface area contributed by atoms with Gasteiger partial charge in [0.25, 0.3) is 0 Å². The molecule has 0 saturated carbocycles. The number of carboxylic acids is 1. The molecule has 1 unspecified atom stereocenters. The normalized spacial score (nSPS) is 12.2. The average molecular weight is 281 g/mol. The Labute approximate surface area is 117 Å². The van der Waals surface area contributed by atoms with E-state index in [1.165, 1.54) is 12.1 Å². The van der Waals surface area contributed by atoms with Crippen LogP contribution in [-0.2, 0) is 4.79 Å². The molecule has 1 N–H and O–H groups in total. The third-order valence-corrected chi connectivity index (χ3v) is 2.83. The summed E-state index contributed by atoms with van der Waals surface area (Å²) in [4.78, 5) is 22.1. The number of nitro benzene ring substituents is 1. The topological polar surface area (TPSA) is 89.7 Å². The minimum Gasteiger partial charge on any atom is -0.484 e. The van der Waals surface area contributed by atoms with Crippen molar-refractivity contribution in [1.29, 1.82) is 0 Å². The maximum absolute atomic E-state index is 11.3. The van der Waals surface area contributed by atoms with Crippen molar-refractivity contribution in [3.8, 4) is 5.75 Å². The van der Waals surface area contributed by atoms with E-state index in [2.05, 4.69) is 0 Å². The molecule has 0 bridgehead atoms. The number of ether oxygens (including phenoxy) is 1. The second-order valence-electron chi connectivity index (χ2n) is 4.80. The molecule has 1 aromatic carbocycles. The van der Waals surface area contributed by atoms with Gasteiger partial charge in [0, 0.05) is 5.56 Å². The molecular weight excluding hydrogens is 262 g/mol. The maximum Gasteiger partial charge on any atom is 0.314 e. The number of benzene rings is 1. The number of nitro groups is 1. The van der Waals surface area contributed by atoms with Crippen LogP contribution in [0.15, 0.2) is 18.2 Å². The zero-order valence-corrected chi connectivity index (χ0v) is 11.8. The lowest BCUT2D eigenvalue weighted by Crippen LogP contribution is -2.15. The third kappa shape index (κ3) is 3.69. The molecule has 0 aromatic heterocycles. The van der Waals surface area contributed by atoms with Gasteiger partial charge in [-0.2, -0.15) is 0 Å². The number of hydrogen-bond acceptors (Lipinski definition) is 4. The van der Waals surface area contributed by atoms with Gasteiger partial charge >= 0.3 is 11.7 Å². The first-order valence-electron chi connectivity index (χ1n) is 6.55. The number of carbonyl (C=O) groups is 1.